The van der Waals surface area contributed by atoms with Gasteiger partial charge in [-0.05, 0) is 50.5 Å². The lowest BCUT2D eigenvalue weighted by molar-refractivity contribution is 0.0326. The van der Waals surface area contributed by atoms with Crippen LogP contribution in [0.25, 0.3) is 0 Å². The van der Waals surface area contributed by atoms with Crippen molar-refractivity contribution in [3.63, 3.8) is 0 Å². The number of aromatic nitrogens is 1. The van der Waals surface area contributed by atoms with Crippen LogP contribution in [-0.2, 0) is 10.3 Å². The van der Waals surface area contributed by atoms with Crippen LogP contribution in [0.15, 0.2) is 36.5 Å². The zero-order chi connectivity index (χ0) is 22.0. The van der Waals surface area contributed by atoms with Crippen LogP contribution in [0.2, 0.25) is 0 Å². The van der Waals surface area contributed by atoms with Gasteiger partial charge in [-0.3, -0.25) is 9.78 Å². The molecule has 2 fully saturated rings. The van der Waals surface area contributed by atoms with Crippen molar-refractivity contribution in [1.29, 1.82) is 5.26 Å². The lowest BCUT2D eigenvalue weighted by Gasteiger charge is -2.32. The summed E-state index contributed by atoms with van der Waals surface area (Å²) in [5, 5.41) is 23.3. The number of halogens is 1. The molecule has 2 atom stereocenters. The maximum atomic E-state index is 14.1. The van der Waals surface area contributed by atoms with Crippen molar-refractivity contribution in [2.45, 2.75) is 43.9 Å². The molecule has 1 aromatic heterocycles. The Balaban J connectivity index is 1.48. The van der Waals surface area contributed by atoms with Gasteiger partial charge in [0.05, 0.1) is 11.6 Å². The SMILES string of the molecule is C[C@@H]1N(c2ccc(C#N)c(F)c2)CC[C@@]1(O)c1ccc(C(=O)NC2CCOCC2)nc1. The molecule has 1 aromatic carbocycles. The van der Waals surface area contributed by atoms with Gasteiger partial charge in [-0.2, -0.15) is 5.26 Å². The highest BCUT2D eigenvalue weighted by Crippen LogP contribution is 2.40. The molecule has 0 aliphatic carbocycles. The number of anilines is 1. The van der Waals surface area contributed by atoms with Crippen LogP contribution in [0, 0.1) is 17.1 Å². The van der Waals surface area contributed by atoms with E-state index in [1.807, 2.05) is 17.9 Å². The molecule has 3 heterocycles. The molecule has 0 radical (unpaired) electrons. The second-order valence-corrected chi connectivity index (χ2v) is 8.11. The smallest absolute Gasteiger partial charge is 0.270 e. The minimum atomic E-state index is -1.19. The number of ether oxygens (including phenoxy) is 1. The highest BCUT2D eigenvalue weighted by Gasteiger charge is 2.45. The van der Waals surface area contributed by atoms with Crippen molar-refractivity contribution in [2.24, 2.45) is 0 Å². The second-order valence-electron chi connectivity index (χ2n) is 8.11. The summed E-state index contributed by atoms with van der Waals surface area (Å²) in [7, 11) is 0. The molecule has 31 heavy (non-hydrogen) atoms. The fourth-order valence-corrected chi connectivity index (χ4v) is 4.35. The van der Waals surface area contributed by atoms with Crippen LogP contribution in [0.4, 0.5) is 10.1 Å². The molecule has 7 nitrogen and oxygen atoms in total. The van der Waals surface area contributed by atoms with Gasteiger partial charge >= 0.3 is 0 Å². The van der Waals surface area contributed by atoms with E-state index in [4.69, 9.17) is 10.00 Å². The third-order valence-electron chi connectivity index (χ3n) is 6.35. The zero-order valence-electron chi connectivity index (χ0n) is 17.3. The zero-order valence-corrected chi connectivity index (χ0v) is 17.3. The van der Waals surface area contributed by atoms with Crippen molar-refractivity contribution in [2.75, 3.05) is 24.7 Å². The molecule has 162 valence electrons. The first kappa shape index (κ1) is 21.2. The van der Waals surface area contributed by atoms with E-state index < -0.39 is 11.4 Å². The number of benzene rings is 1. The molecule has 2 aromatic rings. The van der Waals surface area contributed by atoms with Crippen molar-refractivity contribution < 1.29 is 19.0 Å². The molecule has 1 amide bonds. The predicted octanol–water partition coefficient (Wildman–Crippen LogP) is 2.49. The number of nitrogens with zero attached hydrogens (tertiary/aromatic N) is 3. The van der Waals surface area contributed by atoms with Crippen LogP contribution >= 0.6 is 0 Å². The van der Waals surface area contributed by atoms with E-state index in [0.717, 1.165) is 12.8 Å². The maximum absolute atomic E-state index is 14.1. The Hall–Kier alpha value is -3.02. The molecule has 2 aliphatic rings. The molecule has 2 aliphatic heterocycles. The molecule has 2 N–H and O–H groups in total. The van der Waals surface area contributed by atoms with E-state index >= 15 is 0 Å². The largest absolute Gasteiger partial charge is 0.383 e. The van der Waals surface area contributed by atoms with Crippen molar-refractivity contribution in [3.8, 4) is 6.07 Å². The fourth-order valence-electron chi connectivity index (χ4n) is 4.35. The van der Waals surface area contributed by atoms with E-state index in [2.05, 4.69) is 10.3 Å². The van der Waals surface area contributed by atoms with Gasteiger partial charge in [0, 0.05) is 43.2 Å². The number of carbonyl (C=O) groups excluding carboxylic acids is 1. The Labute approximate surface area is 180 Å². The van der Waals surface area contributed by atoms with E-state index in [1.54, 1.807) is 18.2 Å². The number of carbonyl (C=O) groups is 1. The monoisotopic (exact) mass is 424 g/mol. The number of rotatable bonds is 4. The number of amides is 1. The van der Waals surface area contributed by atoms with Gasteiger partial charge in [-0.25, -0.2) is 4.39 Å². The van der Waals surface area contributed by atoms with Gasteiger partial charge < -0.3 is 20.1 Å². The topological polar surface area (TPSA) is 98.5 Å². The van der Waals surface area contributed by atoms with Crippen molar-refractivity contribution in [1.82, 2.24) is 10.3 Å². The number of hydrogen-bond donors (Lipinski definition) is 2. The van der Waals surface area contributed by atoms with E-state index in [-0.39, 0.29) is 23.6 Å². The summed E-state index contributed by atoms with van der Waals surface area (Å²) in [5.41, 5.74) is 0.326. The average molecular weight is 424 g/mol. The summed E-state index contributed by atoms with van der Waals surface area (Å²) in [4.78, 5) is 18.7. The Morgan fingerprint density at radius 2 is 2.13 bits per heavy atom. The quantitative estimate of drug-likeness (QED) is 0.783. The first-order valence-corrected chi connectivity index (χ1v) is 10.5. The van der Waals surface area contributed by atoms with Crippen LogP contribution in [-0.4, -0.2) is 47.8 Å². The normalized spacial score (nSPS) is 24.1. The molecule has 2 saturated heterocycles. The molecule has 0 saturated carbocycles. The highest BCUT2D eigenvalue weighted by atomic mass is 19.1. The first-order valence-electron chi connectivity index (χ1n) is 10.5. The predicted molar refractivity (Wildman–Crippen MR) is 112 cm³/mol. The molecular weight excluding hydrogens is 399 g/mol. The average Bonchev–Trinajstić information content (AvgIpc) is 3.10. The third kappa shape index (κ3) is 4.11. The van der Waals surface area contributed by atoms with Crippen LogP contribution in [0.3, 0.4) is 0 Å². The number of nitriles is 1. The summed E-state index contributed by atoms with van der Waals surface area (Å²) in [6, 6.07) is 9.36. The summed E-state index contributed by atoms with van der Waals surface area (Å²) in [6.45, 7) is 3.67. The summed E-state index contributed by atoms with van der Waals surface area (Å²) < 4.78 is 19.4. The summed E-state index contributed by atoms with van der Waals surface area (Å²) >= 11 is 0. The first-order chi connectivity index (χ1) is 14.9. The number of aliphatic hydroxyl groups is 1. The molecule has 0 unspecified atom stereocenters. The molecule has 8 heteroatoms. The van der Waals surface area contributed by atoms with Gasteiger partial charge in [0.1, 0.15) is 23.2 Å². The summed E-state index contributed by atoms with van der Waals surface area (Å²) in [5.74, 6) is -0.816. The van der Waals surface area contributed by atoms with Crippen molar-refractivity contribution in [3.05, 3.63) is 59.2 Å². The number of hydrogen-bond acceptors (Lipinski definition) is 6. The standard InChI is InChI=1S/C23H25FN4O3/c1-15-23(30,8-9-28(15)19-4-2-16(13-25)20(24)12-19)17-3-5-21(26-14-17)22(29)27-18-6-10-31-11-7-18/h2-5,12,14-15,18,30H,6-11H2,1H3,(H,27,29)/t15-,23-/m0/s1. The molecular formula is C23H25FN4O3. The number of nitrogens with one attached hydrogen (secondary N) is 1. The van der Waals surface area contributed by atoms with Gasteiger partial charge in [-0.1, -0.05) is 6.07 Å². The summed E-state index contributed by atoms with van der Waals surface area (Å²) in [6.07, 6.45) is 3.54. The van der Waals surface area contributed by atoms with E-state index in [1.165, 1.54) is 18.3 Å². The van der Waals surface area contributed by atoms with Crippen LogP contribution in [0.1, 0.15) is 47.8 Å². The Morgan fingerprint density at radius 3 is 2.77 bits per heavy atom. The third-order valence-corrected chi connectivity index (χ3v) is 6.35. The Bertz CT molecular complexity index is 1000. The van der Waals surface area contributed by atoms with Gasteiger partial charge in [0.2, 0.25) is 0 Å². The minimum absolute atomic E-state index is 0.00956. The van der Waals surface area contributed by atoms with Gasteiger partial charge in [0.25, 0.3) is 5.91 Å². The Morgan fingerprint density at radius 1 is 1.35 bits per heavy atom. The maximum Gasteiger partial charge on any atom is 0.270 e. The van der Waals surface area contributed by atoms with E-state index in [9.17, 15) is 14.3 Å². The fraction of sp³-hybridized carbons (Fsp3) is 0.435. The van der Waals surface area contributed by atoms with E-state index in [0.29, 0.717) is 43.1 Å². The van der Waals surface area contributed by atoms with Gasteiger partial charge in [0.15, 0.2) is 0 Å². The molecule has 0 spiro atoms. The number of pyridine rings is 1. The Kier molecular flexibility index (Phi) is 5.90. The molecule has 4 rings (SSSR count). The molecule has 0 bridgehead atoms. The lowest BCUT2D eigenvalue weighted by atomic mass is 9.88. The lowest BCUT2D eigenvalue weighted by Crippen LogP contribution is -2.41. The van der Waals surface area contributed by atoms with Gasteiger partial charge in [-0.15, -0.1) is 0 Å². The second kappa shape index (κ2) is 8.61. The highest BCUT2D eigenvalue weighted by molar-refractivity contribution is 5.92. The van der Waals surface area contributed by atoms with Crippen molar-refractivity contribution >= 4 is 11.6 Å². The minimum Gasteiger partial charge on any atom is -0.383 e. The van der Waals surface area contributed by atoms with Crippen LogP contribution in [0.5, 0.6) is 0 Å². The van der Waals surface area contributed by atoms with Crippen LogP contribution < -0.4 is 10.2 Å².